The number of amides is 1. The van der Waals surface area contributed by atoms with Gasteiger partial charge in [0.1, 0.15) is 0 Å². The summed E-state index contributed by atoms with van der Waals surface area (Å²) < 4.78 is 75.1. The summed E-state index contributed by atoms with van der Waals surface area (Å²) in [5.41, 5.74) is 1.50. The Morgan fingerprint density at radius 3 is 1.76 bits per heavy atom. The highest BCUT2D eigenvalue weighted by molar-refractivity contribution is 5.91. The van der Waals surface area contributed by atoms with E-state index in [1.54, 1.807) is 0 Å². The third kappa shape index (κ3) is 5.80. The molecule has 21 heavy (non-hydrogen) atoms. The molecule has 0 spiro atoms. The van der Waals surface area contributed by atoms with Crippen molar-refractivity contribution in [3.63, 3.8) is 0 Å². The van der Waals surface area contributed by atoms with Crippen LogP contribution in [0.25, 0.3) is 0 Å². The second kappa shape index (κ2) is 6.99. The first-order valence-corrected chi connectivity index (χ1v) is 5.33. The molecule has 1 aromatic rings. The predicted octanol–water partition coefficient (Wildman–Crippen LogP) is 3.43. The number of alkyl halides is 6. The molecule has 1 rings (SSSR count). The molecule has 1 aromatic carbocycles. The topological polar surface area (TPSA) is 55.1 Å². The van der Waals surface area contributed by atoms with Gasteiger partial charge in [-0.05, 0) is 18.2 Å². The van der Waals surface area contributed by atoms with Gasteiger partial charge < -0.3 is 11.1 Å². The molecule has 1 amide bonds. The number of nitrogens with one attached hydrogen (secondary N) is 1. The van der Waals surface area contributed by atoms with Crippen LogP contribution in [-0.4, -0.2) is 12.5 Å². The van der Waals surface area contributed by atoms with Crippen molar-refractivity contribution in [2.45, 2.75) is 18.8 Å². The van der Waals surface area contributed by atoms with Gasteiger partial charge in [-0.3, -0.25) is 4.79 Å². The number of hydrogen-bond donors (Lipinski definition) is 2. The van der Waals surface area contributed by atoms with Crippen molar-refractivity contribution in [3.8, 4) is 0 Å². The molecule has 0 fully saturated rings. The molecule has 3 N–H and O–H groups in total. The number of halogens is 7. The normalized spacial score (nSPS) is 11.8. The smallest absolute Gasteiger partial charge is 0.330 e. The van der Waals surface area contributed by atoms with E-state index in [4.69, 9.17) is 5.73 Å². The number of hydrogen-bond acceptors (Lipinski definition) is 2. The zero-order valence-electron chi connectivity index (χ0n) is 10.3. The first-order chi connectivity index (χ1) is 9.04. The summed E-state index contributed by atoms with van der Waals surface area (Å²) in [6.45, 7) is -0.0725. The van der Waals surface area contributed by atoms with Crippen LogP contribution in [-0.2, 0) is 17.1 Å². The van der Waals surface area contributed by atoms with Gasteiger partial charge in [-0.1, -0.05) is 0 Å². The second-order valence-corrected chi connectivity index (χ2v) is 3.88. The van der Waals surface area contributed by atoms with Crippen molar-refractivity contribution >= 4 is 24.0 Å². The molecular formula is C11H11ClF6N2O. The lowest BCUT2D eigenvalue weighted by atomic mass is 10.1. The predicted molar refractivity (Wildman–Crippen MR) is 66.0 cm³/mol. The van der Waals surface area contributed by atoms with Crippen molar-refractivity contribution in [1.82, 2.24) is 0 Å². The van der Waals surface area contributed by atoms with Crippen molar-refractivity contribution in [2.75, 3.05) is 11.9 Å². The fourth-order valence-electron chi connectivity index (χ4n) is 1.38. The van der Waals surface area contributed by atoms with E-state index in [1.807, 2.05) is 5.32 Å². The van der Waals surface area contributed by atoms with Crippen LogP contribution in [0.5, 0.6) is 0 Å². The summed E-state index contributed by atoms with van der Waals surface area (Å²) >= 11 is 0. The SMILES string of the molecule is Cl.NCCC(=O)Nc1cc(C(F)(F)F)cc(C(F)(F)F)c1. The average molecular weight is 337 g/mol. The van der Waals surface area contributed by atoms with E-state index in [-0.39, 0.29) is 31.4 Å². The van der Waals surface area contributed by atoms with Gasteiger partial charge in [0, 0.05) is 18.7 Å². The monoisotopic (exact) mass is 336 g/mol. The maximum absolute atomic E-state index is 12.5. The van der Waals surface area contributed by atoms with Crippen LogP contribution in [0, 0.1) is 0 Å². The molecule has 0 aliphatic heterocycles. The maximum Gasteiger partial charge on any atom is 0.416 e. The van der Waals surface area contributed by atoms with Crippen molar-refractivity contribution < 1.29 is 31.1 Å². The Morgan fingerprint density at radius 2 is 1.43 bits per heavy atom. The van der Waals surface area contributed by atoms with Crippen LogP contribution in [0.15, 0.2) is 18.2 Å². The number of carbonyl (C=O) groups is 1. The Balaban J connectivity index is 0.00000400. The lowest BCUT2D eigenvalue weighted by Gasteiger charge is -2.14. The van der Waals surface area contributed by atoms with E-state index < -0.39 is 35.1 Å². The molecule has 0 saturated heterocycles. The van der Waals surface area contributed by atoms with Crippen LogP contribution in [0.4, 0.5) is 32.0 Å². The van der Waals surface area contributed by atoms with Crippen LogP contribution in [0.3, 0.4) is 0 Å². The van der Waals surface area contributed by atoms with Gasteiger partial charge in [0.2, 0.25) is 5.91 Å². The van der Waals surface area contributed by atoms with E-state index in [2.05, 4.69) is 0 Å². The van der Waals surface area contributed by atoms with E-state index in [1.165, 1.54) is 0 Å². The summed E-state index contributed by atoms with van der Waals surface area (Å²) in [6.07, 6.45) is -10.1. The Labute approximate surface area is 121 Å². The van der Waals surface area contributed by atoms with Gasteiger partial charge >= 0.3 is 12.4 Å². The molecule has 3 nitrogen and oxygen atoms in total. The Hall–Kier alpha value is -1.48. The Morgan fingerprint density at radius 1 is 1.00 bits per heavy atom. The largest absolute Gasteiger partial charge is 0.416 e. The number of carbonyl (C=O) groups excluding carboxylic acids is 1. The molecule has 0 unspecified atom stereocenters. The van der Waals surface area contributed by atoms with Crippen molar-refractivity contribution in [2.24, 2.45) is 5.73 Å². The van der Waals surface area contributed by atoms with Gasteiger partial charge in [-0.2, -0.15) is 26.3 Å². The minimum atomic E-state index is -4.95. The quantitative estimate of drug-likeness (QED) is 0.831. The second-order valence-electron chi connectivity index (χ2n) is 3.88. The molecule has 0 heterocycles. The summed E-state index contributed by atoms with van der Waals surface area (Å²) in [5.74, 6) is -0.764. The van der Waals surface area contributed by atoms with E-state index >= 15 is 0 Å². The molecule has 0 aliphatic carbocycles. The highest BCUT2D eigenvalue weighted by Crippen LogP contribution is 2.37. The zero-order valence-corrected chi connectivity index (χ0v) is 11.1. The highest BCUT2D eigenvalue weighted by Gasteiger charge is 2.37. The standard InChI is InChI=1S/C11H10F6N2O.ClH/c12-10(13,14)6-3-7(11(15,16)17)5-8(4-6)19-9(20)1-2-18;/h3-5H,1-2,18H2,(H,19,20);1H. The summed E-state index contributed by atoms with van der Waals surface area (Å²) in [6, 6.07) is 0.853. The zero-order chi connectivity index (χ0) is 15.6. The van der Waals surface area contributed by atoms with Gasteiger partial charge in [0.25, 0.3) is 0 Å². The average Bonchev–Trinajstić information content (AvgIpc) is 2.26. The maximum atomic E-state index is 12.5. The fourth-order valence-corrected chi connectivity index (χ4v) is 1.38. The van der Waals surface area contributed by atoms with E-state index in [0.29, 0.717) is 12.1 Å². The first-order valence-electron chi connectivity index (χ1n) is 5.33. The van der Waals surface area contributed by atoms with Gasteiger partial charge in [-0.25, -0.2) is 0 Å². The summed E-state index contributed by atoms with van der Waals surface area (Å²) in [5, 5.41) is 1.95. The molecule has 0 aliphatic rings. The molecular weight excluding hydrogens is 326 g/mol. The molecule has 0 saturated carbocycles. The van der Waals surface area contributed by atoms with E-state index in [9.17, 15) is 31.1 Å². The summed E-state index contributed by atoms with van der Waals surface area (Å²) in [7, 11) is 0. The van der Waals surface area contributed by atoms with Gasteiger partial charge in [0.15, 0.2) is 0 Å². The number of rotatable bonds is 3. The highest BCUT2D eigenvalue weighted by atomic mass is 35.5. The third-order valence-corrected chi connectivity index (χ3v) is 2.24. The Bertz CT molecular complexity index is 468. The van der Waals surface area contributed by atoms with E-state index in [0.717, 1.165) is 0 Å². The van der Waals surface area contributed by atoms with Crippen LogP contribution < -0.4 is 11.1 Å². The Kier molecular flexibility index (Phi) is 6.50. The van der Waals surface area contributed by atoms with Gasteiger partial charge in [-0.15, -0.1) is 12.4 Å². The van der Waals surface area contributed by atoms with Crippen LogP contribution in [0.1, 0.15) is 17.5 Å². The van der Waals surface area contributed by atoms with Crippen LogP contribution in [0.2, 0.25) is 0 Å². The third-order valence-electron chi connectivity index (χ3n) is 2.24. The number of nitrogens with two attached hydrogens (primary N) is 1. The summed E-state index contributed by atoms with van der Waals surface area (Å²) in [4.78, 5) is 11.2. The van der Waals surface area contributed by atoms with Crippen LogP contribution >= 0.6 is 12.4 Å². The van der Waals surface area contributed by atoms with Crippen molar-refractivity contribution in [3.05, 3.63) is 29.3 Å². The molecule has 0 atom stereocenters. The molecule has 0 bridgehead atoms. The molecule has 120 valence electrons. The number of anilines is 1. The molecule has 0 radical (unpaired) electrons. The minimum Gasteiger partial charge on any atom is -0.330 e. The van der Waals surface area contributed by atoms with Crippen molar-refractivity contribution in [1.29, 1.82) is 0 Å². The minimum absolute atomic E-state index is 0. The number of benzene rings is 1. The molecule has 0 aromatic heterocycles. The molecule has 10 heteroatoms. The first kappa shape index (κ1) is 19.5. The lowest BCUT2D eigenvalue weighted by Crippen LogP contribution is -2.18. The van der Waals surface area contributed by atoms with Gasteiger partial charge in [0.05, 0.1) is 11.1 Å². The fraction of sp³-hybridized carbons (Fsp3) is 0.364. The lowest BCUT2D eigenvalue weighted by molar-refractivity contribution is -0.143.